The monoisotopic (exact) mass is 970 g/mol. The summed E-state index contributed by atoms with van der Waals surface area (Å²) in [6.45, 7) is 11.8. The quantitative estimate of drug-likeness (QED) is 0.0428. The van der Waals surface area contributed by atoms with Crippen LogP contribution in [0.15, 0.2) is 87.9 Å². The van der Waals surface area contributed by atoms with Crippen LogP contribution < -0.4 is 36.3 Å². The van der Waals surface area contributed by atoms with E-state index in [1.807, 2.05) is 60.7 Å². The average Bonchev–Trinajstić information content (AvgIpc) is 3.68. The van der Waals surface area contributed by atoms with Crippen LogP contribution in [0.3, 0.4) is 0 Å². The van der Waals surface area contributed by atoms with Crippen molar-refractivity contribution in [2.24, 2.45) is 10.1 Å². The highest BCUT2D eigenvalue weighted by Crippen LogP contribution is 2.26. The number of alkyl carbamates (subject to hydrolysis) is 1. The zero-order chi connectivity index (χ0) is 49.3. The summed E-state index contributed by atoms with van der Waals surface area (Å²) in [6, 6.07) is 14.2. The lowest BCUT2D eigenvalue weighted by atomic mass is 9.98. The lowest BCUT2D eigenvalue weighted by molar-refractivity contribution is -0.179. The van der Waals surface area contributed by atoms with Crippen molar-refractivity contribution < 1.29 is 60.8 Å². The number of amides is 5. The van der Waals surface area contributed by atoms with E-state index in [1.54, 1.807) is 41.5 Å². The number of benzene rings is 2. The molecule has 67 heavy (non-hydrogen) atoms. The van der Waals surface area contributed by atoms with Crippen LogP contribution in [0.2, 0.25) is 0 Å². The number of oxime groups is 1. The van der Waals surface area contributed by atoms with Crippen LogP contribution >= 0.6 is 11.8 Å². The van der Waals surface area contributed by atoms with Gasteiger partial charge in [0.05, 0.1) is 24.5 Å². The standard InChI is InChI=1S/C43H54N8O14S2/c1-41(2,3)63-37(55)43(7,8)65-49-33(29-25-66-39(46-29)48-40(57)64-42(4,5)6)35(53)47-34-30(51(36(34)54)67(58,59)60)21-45-38(56)44-20-28-19-31(52)32(61-23-26-15-11-9-12-16-26)22-50(28)62-24-27-17-13-10-14-18-27/h9-19,22,29-30,34H,20-21,23-25H2,1-8H3,(H,47,53)(H2,44,45,56)(H,46,48,57)(H,58,59,60)/b49-33-/t29?,30-,34+/m1/s1. The molecular formula is C43H54N8O14S2. The summed E-state index contributed by atoms with van der Waals surface area (Å²) in [5.41, 5.74) is -2.72. The topological polar surface area (TPSA) is 284 Å². The summed E-state index contributed by atoms with van der Waals surface area (Å²) in [5, 5.41) is 13.8. The summed E-state index contributed by atoms with van der Waals surface area (Å²) >= 11 is 1.02. The molecule has 2 aliphatic heterocycles. The number of aromatic nitrogens is 1. The van der Waals surface area contributed by atoms with Crippen molar-refractivity contribution in [1.29, 1.82) is 0 Å². The number of pyridine rings is 1. The van der Waals surface area contributed by atoms with Crippen molar-refractivity contribution in [1.82, 2.24) is 30.3 Å². The number of β-lactam (4-membered cyclic amide) rings is 1. The number of nitrogens with one attached hydrogen (secondary N) is 4. The van der Waals surface area contributed by atoms with Gasteiger partial charge in [-0.2, -0.15) is 13.1 Å². The van der Waals surface area contributed by atoms with E-state index >= 15 is 0 Å². The molecule has 5 rings (SSSR count). The zero-order valence-electron chi connectivity index (χ0n) is 38.1. The van der Waals surface area contributed by atoms with Gasteiger partial charge in [-0.05, 0) is 66.5 Å². The molecule has 0 spiro atoms. The van der Waals surface area contributed by atoms with Gasteiger partial charge in [0.1, 0.15) is 36.5 Å². The number of amidine groups is 1. The molecule has 3 heterocycles. The second kappa shape index (κ2) is 21.3. The largest absolute Gasteiger partial charge is 0.483 e. The third kappa shape index (κ3) is 14.9. The maximum absolute atomic E-state index is 14.0. The fourth-order valence-electron chi connectivity index (χ4n) is 5.99. The average molecular weight is 971 g/mol. The van der Waals surface area contributed by atoms with Gasteiger partial charge in [0, 0.05) is 18.4 Å². The van der Waals surface area contributed by atoms with E-state index in [0.29, 0.717) is 0 Å². The molecule has 2 aromatic carbocycles. The Morgan fingerprint density at radius 1 is 0.881 bits per heavy atom. The van der Waals surface area contributed by atoms with Gasteiger partial charge in [-0.15, -0.1) is 0 Å². The summed E-state index contributed by atoms with van der Waals surface area (Å²) in [4.78, 5) is 94.9. The van der Waals surface area contributed by atoms with E-state index in [0.717, 1.165) is 22.9 Å². The Labute approximate surface area is 391 Å². The highest BCUT2D eigenvalue weighted by molar-refractivity contribution is 8.14. The van der Waals surface area contributed by atoms with Crippen molar-refractivity contribution in [3.63, 3.8) is 0 Å². The minimum Gasteiger partial charge on any atom is -0.483 e. The molecule has 0 radical (unpaired) electrons. The SMILES string of the molecule is CC(C)(C)OC(=O)NC1=NC(/C(=N/OC(C)(C)C(=O)OC(C)(C)C)C(=O)N[C@@H]2C(=O)N(S(=O)(=O)O)[C@@H]2CNC(=O)NCc2cc(=O)c(OCc3ccccc3)cn2OCc2ccccc2)CS1. The van der Waals surface area contributed by atoms with Gasteiger partial charge in [-0.3, -0.25) is 29.2 Å². The second-order valence-electron chi connectivity index (χ2n) is 17.5. The Morgan fingerprint density at radius 3 is 2.09 bits per heavy atom. The summed E-state index contributed by atoms with van der Waals surface area (Å²) < 4.78 is 52.5. The minimum atomic E-state index is -5.21. The van der Waals surface area contributed by atoms with Gasteiger partial charge >= 0.3 is 28.4 Å². The number of carbonyl (C=O) groups excluding carboxylic acids is 5. The number of hydrogen-bond acceptors (Lipinski definition) is 16. The first-order valence-electron chi connectivity index (χ1n) is 20.7. The number of nitrogens with zero attached hydrogens (tertiary/aromatic N) is 4. The Bertz CT molecular complexity index is 2540. The minimum absolute atomic E-state index is 0.00307. The fraction of sp³-hybridized carbons (Fsp3) is 0.442. The molecule has 362 valence electrons. The summed E-state index contributed by atoms with van der Waals surface area (Å²) in [7, 11) is -5.21. The van der Waals surface area contributed by atoms with E-state index in [9.17, 15) is 41.7 Å². The summed E-state index contributed by atoms with van der Waals surface area (Å²) in [5.74, 6) is -3.23. The molecule has 0 bridgehead atoms. The van der Waals surface area contributed by atoms with Crippen molar-refractivity contribution >= 4 is 62.9 Å². The van der Waals surface area contributed by atoms with Gasteiger partial charge in [0.2, 0.25) is 11.0 Å². The van der Waals surface area contributed by atoms with E-state index in [-0.39, 0.29) is 46.4 Å². The molecule has 1 fully saturated rings. The Hall–Kier alpha value is -6.66. The van der Waals surface area contributed by atoms with Crippen LogP contribution in [-0.2, 0) is 58.8 Å². The van der Waals surface area contributed by atoms with Gasteiger partial charge < -0.3 is 39.8 Å². The Morgan fingerprint density at radius 2 is 1.49 bits per heavy atom. The maximum atomic E-state index is 14.0. The smallest absolute Gasteiger partial charge is 0.413 e. The third-order valence-electron chi connectivity index (χ3n) is 9.18. The predicted molar refractivity (Wildman–Crippen MR) is 244 cm³/mol. The van der Waals surface area contributed by atoms with E-state index in [4.69, 9.17) is 23.9 Å². The predicted octanol–water partition coefficient (Wildman–Crippen LogP) is 2.84. The van der Waals surface area contributed by atoms with Crippen LogP contribution in [-0.4, -0.2) is 110 Å². The normalized spacial score (nSPS) is 17.6. The van der Waals surface area contributed by atoms with Crippen LogP contribution in [0.25, 0.3) is 0 Å². The van der Waals surface area contributed by atoms with Gasteiger partial charge in [-0.1, -0.05) is 77.6 Å². The molecule has 24 heteroatoms. The van der Waals surface area contributed by atoms with Crippen LogP contribution in [0.4, 0.5) is 9.59 Å². The molecule has 5 N–H and O–H groups in total. The van der Waals surface area contributed by atoms with Crippen LogP contribution in [0.1, 0.15) is 72.2 Å². The highest BCUT2D eigenvalue weighted by Gasteiger charge is 2.54. The maximum Gasteiger partial charge on any atom is 0.413 e. The Balaban J connectivity index is 1.31. The van der Waals surface area contributed by atoms with Crippen LogP contribution in [0.5, 0.6) is 5.75 Å². The lowest BCUT2D eigenvalue weighted by Gasteiger charge is -2.44. The first kappa shape index (κ1) is 51.3. The molecule has 1 unspecified atom stereocenters. The van der Waals surface area contributed by atoms with Gasteiger partial charge in [0.15, 0.2) is 16.6 Å². The van der Waals surface area contributed by atoms with Crippen molar-refractivity contribution in [2.75, 3.05) is 12.3 Å². The number of urea groups is 1. The van der Waals surface area contributed by atoms with E-state index in [2.05, 4.69) is 31.4 Å². The van der Waals surface area contributed by atoms with Gasteiger partial charge in [0.25, 0.3) is 11.8 Å². The van der Waals surface area contributed by atoms with Crippen LogP contribution in [0, 0.1) is 0 Å². The molecule has 2 aliphatic rings. The highest BCUT2D eigenvalue weighted by atomic mass is 32.2. The fourth-order valence-corrected chi connectivity index (χ4v) is 7.77. The number of thioether (sulfide) groups is 1. The molecule has 5 amide bonds. The van der Waals surface area contributed by atoms with E-state index in [1.165, 1.54) is 30.8 Å². The molecule has 0 aliphatic carbocycles. The van der Waals surface area contributed by atoms with Crippen molar-refractivity contribution in [3.8, 4) is 5.75 Å². The number of aliphatic imine (C=N–C) groups is 1. The molecule has 1 aromatic heterocycles. The Kier molecular flexibility index (Phi) is 16.3. The number of carbonyl (C=O) groups is 5. The zero-order valence-corrected chi connectivity index (χ0v) is 39.7. The molecule has 3 atom stereocenters. The number of esters is 1. The summed E-state index contributed by atoms with van der Waals surface area (Å²) in [6.07, 6.45) is 0.511. The van der Waals surface area contributed by atoms with Crippen molar-refractivity contribution in [2.45, 2.75) is 110 Å². The lowest BCUT2D eigenvalue weighted by Crippen LogP contribution is -2.75. The first-order chi connectivity index (χ1) is 31.3. The van der Waals surface area contributed by atoms with E-state index < -0.39 is 92.8 Å². The molecule has 1 saturated heterocycles. The van der Waals surface area contributed by atoms with Crippen molar-refractivity contribution in [3.05, 3.63) is 100.0 Å². The third-order valence-corrected chi connectivity index (χ3v) is 11.1. The molecular weight excluding hydrogens is 917 g/mol. The molecule has 3 aromatic rings. The number of rotatable bonds is 17. The second-order valence-corrected chi connectivity index (χ2v) is 19.8. The van der Waals surface area contributed by atoms with Gasteiger partial charge in [-0.25, -0.2) is 18.7 Å². The number of ether oxygens (including phenoxy) is 3. The molecule has 22 nitrogen and oxygen atoms in total. The number of hydrogen-bond donors (Lipinski definition) is 5. The molecule has 0 saturated carbocycles. The first-order valence-corrected chi connectivity index (χ1v) is 23.1.